The van der Waals surface area contributed by atoms with Gasteiger partial charge in [-0.3, -0.25) is 23.5 Å². The second-order valence-corrected chi connectivity index (χ2v) is 16.0. The summed E-state index contributed by atoms with van der Waals surface area (Å²) < 4.78 is 62.0. The molecule has 3 fully saturated rings. The third-order valence-corrected chi connectivity index (χ3v) is 11.3. The number of aliphatic hydroxyl groups excluding tert-OH is 1. The average Bonchev–Trinajstić information content (AvgIpc) is 3.72. The highest BCUT2D eigenvalue weighted by atomic mass is 32.7. The van der Waals surface area contributed by atoms with Gasteiger partial charge in [0, 0.05) is 12.1 Å². The monoisotopic (exact) mass is 690 g/mol. The van der Waals surface area contributed by atoms with Gasteiger partial charge in [-0.2, -0.15) is 4.98 Å². The number of nitrogen functional groups attached to an aromatic ring is 2. The number of rotatable bonds is 2. The van der Waals surface area contributed by atoms with Crippen molar-refractivity contribution < 1.29 is 37.1 Å². The van der Waals surface area contributed by atoms with E-state index in [1.165, 1.54) is 28.1 Å². The van der Waals surface area contributed by atoms with E-state index < -0.39 is 75.3 Å². The number of nitrogens with zero attached hydrogens (tertiary/aromatic N) is 7. The van der Waals surface area contributed by atoms with Crippen molar-refractivity contribution in [3.8, 4) is 0 Å². The van der Waals surface area contributed by atoms with Gasteiger partial charge in [-0.1, -0.05) is 24.5 Å². The summed E-state index contributed by atoms with van der Waals surface area (Å²) in [4.78, 5) is 35.2. The molecule has 236 valence electrons. The summed E-state index contributed by atoms with van der Waals surface area (Å²) in [6, 6.07) is 0. The molecule has 44 heavy (non-hydrogen) atoms. The Hall–Kier alpha value is -2.45. The molecule has 2 unspecified atom stereocenters. The minimum atomic E-state index is -3.83. The topological polar surface area (TPSA) is 243 Å². The Morgan fingerprint density at radius 1 is 1.07 bits per heavy atom. The van der Waals surface area contributed by atoms with Gasteiger partial charge < -0.3 is 39.6 Å². The zero-order chi connectivity index (χ0) is 30.9. The molecule has 0 aliphatic carbocycles. The number of hydrogen-bond acceptors (Lipinski definition) is 16. The number of hydrogen-bond donors (Lipinski definition) is 6. The predicted octanol–water partition coefficient (Wildman–Crippen LogP) is 0.945. The number of aliphatic hydroxyl groups is 1. The van der Waals surface area contributed by atoms with E-state index in [0.29, 0.717) is 0 Å². The Morgan fingerprint density at radius 2 is 1.80 bits per heavy atom. The van der Waals surface area contributed by atoms with Crippen molar-refractivity contribution in [3.63, 3.8) is 0 Å². The lowest BCUT2D eigenvalue weighted by Crippen LogP contribution is -2.33. The first-order chi connectivity index (χ1) is 21.0. The molecule has 10 atom stereocenters. The molecule has 0 spiro atoms. The van der Waals surface area contributed by atoms with Gasteiger partial charge >= 0.3 is 0 Å². The highest BCUT2D eigenvalue weighted by molar-refractivity contribution is 8.46. The lowest BCUT2D eigenvalue weighted by atomic mass is 10.0. The first kappa shape index (κ1) is 30.2. The molecule has 3 aliphatic rings. The maximum absolute atomic E-state index is 16.0. The molecular weight excluding hydrogens is 665 g/mol. The van der Waals surface area contributed by atoms with E-state index in [1.54, 1.807) is 0 Å². The smallest absolute Gasteiger partial charge is 0.280 e. The quantitative estimate of drug-likeness (QED) is 0.127. The molecule has 18 nitrogen and oxygen atoms in total. The Morgan fingerprint density at radius 3 is 2.59 bits per heavy atom. The zero-order valence-corrected chi connectivity index (χ0v) is 25.8. The van der Waals surface area contributed by atoms with Crippen LogP contribution in [0.3, 0.4) is 0 Å². The van der Waals surface area contributed by atoms with Crippen molar-refractivity contribution in [1.82, 2.24) is 39.0 Å². The van der Waals surface area contributed by atoms with Crippen LogP contribution in [0.2, 0.25) is 0 Å². The molecular formula is C21H25FN10O8P2S2. The summed E-state index contributed by atoms with van der Waals surface area (Å²) in [5.41, 5.74) is 11.6. The number of ether oxygens (including phenoxy) is 2. The average molecular weight is 691 g/mol. The Bertz CT molecular complexity index is 1830. The fourth-order valence-corrected chi connectivity index (χ4v) is 9.06. The summed E-state index contributed by atoms with van der Waals surface area (Å²) in [6.07, 6.45) is -5.10. The second kappa shape index (κ2) is 11.4. The summed E-state index contributed by atoms with van der Waals surface area (Å²) in [5, 5.41) is 11.2. The number of halogens is 1. The fourth-order valence-electron chi connectivity index (χ4n) is 5.56. The van der Waals surface area contributed by atoms with Gasteiger partial charge in [-0.25, -0.2) is 24.3 Å². The van der Waals surface area contributed by atoms with Crippen molar-refractivity contribution in [2.75, 3.05) is 30.8 Å². The largest absolute Gasteiger partial charge is 0.390 e. The van der Waals surface area contributed by atoms with Crippen LogP contribution in [0.1, 0.15) is 12.5 Å². The lowest BCUT2D eigenvalue weighted by Gasteiger charge is -2.26. The number of nitrogens with two attached hydrogens (primary N) is 2. The van der Waals surface area contributed by atoms with Crippen molar-refractivity contribution in [1.29, 1.82) is 0 Å². The normalized spacial score (nSPS) is 36.6. The molecule has 3 aliphatic heterocycles. The molecule has 4 aromatic rings. The zero-order valence-electron chi connectivity index (χ0n) is 22.2. The van der Waals surface area contributed by atoms with Crippen LogP contribution in [-0.4, -0.2) is 94.1 Å². The number of aromatic nitrogens is 8. The van der Waals surface area contributed by atoms with Crippen molar-refractivity contribution in [2.24, 2.45) is 5.92 Å². The number of H-pyrrole nitrogens is 1. The first-order valence-electron chi connectivity index (χ1n) is 13.0. The van der Waals surface area contributed by atoms with Gasteiger partial charge in [0.1, 0.15) is 36.4 Å². The number of aromatic amines is 1. The molecule has 6 N–H and O–H groups in total. The van der Waals surface area contributed by atoms with Gasteiger partial charge in [0.25, 0.3) is 12.1 Å². The maximum atomic E-state index is 16.0. The molecule has 2 bridgehead atoms. The van der Waals surface area contributed by atoms with Crippen molar-refractivity contribution in [3.05, 3.63) is 29.3 Å². The number of nitrogens with one attached hydrogen (secondary N) is 1. The second-order valence-electron chi connectivity index (χ2n) is 10.3. The molecule has 23 heteroatoms. The van der Waals surface area contributed by atoms with Crippen LogP contribution in [0.15, 0.2) is 23.8 Å². The molecule has 7 rings (SSSR count). The summed E-state index contributed by atoms with van der Waals surface area (Å²) in [6.45, 7) is -4.46. The third kappa shape index (κ3) is 5.28. The Balaban J connectivity index is 1.18. The van der Waals surface area contributed by atoms with Gasteiger partial charge in [0.2, 0.25) is 13.5 Å². The van der Waals surface area contributed by atoms with Crippen molar-refractivity contribution >= 4 is 72.7 Å². The SMILES string of the molecule is Nc1nc2c(ncn2[C@@H]2O[C@@H]3COP(S)O[C@H]4[C@H](F)[C@H](n5cnc6c(N)ncnc65)O[C@@H]4COP(=O)(S)C[C@@H]2[C@@H]3O)c(=O)[nH]1. The number of anilines is 2. The van der Waals surface area contributed by atoms with E-state index in [2.05, 4.69) is 54.4 Å². The standard InChI is InChI=1S/C21H25FN10O8P2S2/c22-10-14-9(39-20(10)31-5-27-11-15(23)25-4-26-16(11)31)2-37-42(35,44)3-7-13(33)8(1-36-41(43)40-14)38-19(7)32-6-28-12-17(32)29-21(24)30-18(12)34/h4-10,13-14,19-20,33,43H,1-3H2,(H,35,44)(H2,23,25,26)(H3,24,29,30,34)/t7-,8-,9-,10+,13+,14-,19-,20-,41?,42?/m1/s1. The highest BCUT2D eigenvalue weighted by Crippen LogP contribution is 2.58. The van der Waals surface area contributed by atoms with Crippen LogP contribution in [0.4, 0.5) is 16.2 Å². The summed E-state index contributed by atoms with van der Waals surface area (Å²) >= 11 is 8.68. The Kier molecular flexibility index (Phi) is 7.84. The number of alkyl halides is 1. The van der Waals surface area contributed by atoms with Crippen LogP contribution >= 0.6 is 38.6 Å². The summed E-state index contributed by atoms with van der Waals surface area (Å²) in [7, 11) is -2.05. The van der Waals surface area contributed by atoms with Crippen LogP contribution < -0.4 is 17.0 Å². The van der Waals surface area contributed by atoms with Crippen LogP contribution in [0.5, 0.6) is 0 Å². The van der Waals surface area contributed by atoms with Crippen LogP contribution in [0, 0.1) is 5.92 Å². The van der Waals surface area contributed by atoms with Crippen LogP contribution in [0.25, 0.3) is 22.3 Å². The highest BCUT2D eigenvalue weighted by Gasteiger charge is 2.52. The predicted molar refractivity (Wildman–Crippen MR) is 159 cm³/mol. The van der Waals surface area contributed by atoms with Crippen molar-refractivity contribution in [2.45, 2.75) is 43.0 Å². The Labute approximate surface area is 257 Å². The minimum absolute atomic E-state index is 0.0118. The molecule has 0 aromatic carbocycles. The summed E-state index contributed by atoms with van der Waals surface area (Å²) in [5.74, 6) is -0.943. The fraction of sp³-hybridized carbons (Fsp3) is 0.524. The van der Waals surface area contributed by atoms with E-state index in [9.17, 15) is 14.5 Å². The van der Waals surface area contributed by atoms with E-state index in [0.717, 1.165) is 0 Å². The van der Waals surface area contributed by atoms with E-state index in [4.69, 9.17) is 34.5 Å². The van der Waals surface area contributed by atoms with E-state index in [1.807, 2.05) is 0 Å². The number of fused-ring (bicyclic) bond motifs is 5. The first-order valence-corrected chi connectivity index (χ1v) is 18.3. The molecule has 0 radical (unpaired) electrons. The van der Waals surface area contributed by atoms with Gasteiger partial charge in [0.05, 0.1) is 32.0 Å². The van der Waals surface area contributed by atoms with E-state index in [-0.39, 0.29) is 46.9 Å². The van der Waals surface area contributed by atoms with Gasteiger partial charge in [0.15, 0.2) is 35.0 Å². The molecule has 0 amide bonds. The molecule has 7 heterocycles. The number of imidazole rings is 2. The number of thiol groups is 2. The van der Waals surface area contributed by atoms with Gasteiger partial charge in [-0.15, -0.1) is 0 Å². The molecule has 0 saturated carbocycles. The third-order valence-electron chi connectivity index (χ3n) is 7.60. The van der Waals surface area contributed by atoms with Gasteiger partial charge in [-0.05, 0) is 0 Å². The molecule has 4 aromatic heterocycles. The maximum Gasteiger partial charge on any atom is 0.280 e. The van der Waals surface area contributed by atoms with Crippen LogP contribution in [-0.2, 0) is 27.6 Å². The lowest BCUT2D eigenvalue weighted by molar-refractivity contribution is -0.0455. The minimum Gasteiger partial charge on any atom is -0.390 e. The molecule has 3 saturated heterocycles. The van der Waals surface area contributed by atoms with E-state index >= 15 is 4.39 Å².